The Kier molecular flexibility index (Phi) is 14.9. The molecule has 2 amide bonds. The molecule has 22 heteroatoms. The number of carbonyl (C=O) groups is 2. The second-order valence-corrected chi connectivity index (χ2v) is 22.6. The monoisotopic (exact) mass is 1390 g/mol. The number of benzene rings is 6. The predicted octanol–water partition coefficient (Wildman–Crippen LogP) is 15.0. The molecular formula is C74H80F8N8O4S2. The van der Waals surface area contributed by atoms with Gasteiger partial charge in [0, 0.05) is 96.4 Å². The molecule has 10 rings (SSSR count). The van der Waals surface area contributed by atoms with Gasteiger partial charge in [0.2, 0.25) is 11.8 Å². The minimum atomic E-state index is -5.33. The summed E-state index contributed by atoms with van der Waals surface area (Å²) in [4.78, 5) is 66.7. The summed E-state index contributed by atoms with van der Waals surface area (Å²) in [6, 6.07) is 9.06. The van der Waals surface area contributed by atoms with Crippen LogP contribution in [0.25, 0.3) is 22.3 Å². The molecule has 0 spiro atoms. The molecule has 0 fully saturated rings. The van der Waals surface area contributed by atoms with Gasteiger partial charge in [-0.1, -0.05) is 149 Å². The number of likely N-dealkylation sites (N-methyl/N-ethyl adjacent to an activating group) is 2. The van der Waals surface area contributed by atoms with Gasteiger partial charge in [0.05, 0.1) is 26.2 Å². The molecule has 508 valence electrons. The van der Waals surface area contributed by atoms with E-state index >= 15 is 0 Å². The first kappa shape index (κ1) is 43.4. The number of fused-ring (bicyclic) bond motifs is 2. The molecule has 2 aliphatic carbocycles. The zero-order valence-corrected chi connectivity index (χ0v) is 53.8. The lowest BCUT2D eigenvalue weighted by atomic mass is 9.98. The summed E-state index contributed by atoms with van der Waals surface area (Å²) in [5.41, 5.74) is -14.0. The normalized spacial score (nSPS) is 20.9. The molecule has 1 atom stereocenters. The van der Waals surface area contributed by atoms with Gasteiger partial charge in [-0.15, -0.1) is 0 Å². The third kappa shape index (κ3) is 19.0. The van der Waals surface area contributed by atoms with E-state index in [1.54, 1.807) is 0 Å². The lowest BCUT2D eigenvalue weighted by molar-refractivity contribution is -0.138. The fourth-order valence-electron chi connectivity index (χ4n) is 9.66. The third-order valence-corrected chi connectivity index (χ3v) is 16.3. The van der Waals surface area contributed by atoms with E-state index in [0.29, 0.717) is 53.5 Å². The number of hydrogen-bond donors (Lipinski definition) is 0. The molecule has 2 heterocycles. The number of rotatable bonds is 26. The van der Waals surface area contributed by atoms with Crippen LogP contribution in [0.3, 0.4) is 0 Å². The van der Waals surface area contributed by atoms with Gasteiger partial charge < -0.3 is 28.7 Å². The highest BCUT2D eigenvalue weighted by atomic mass is 32.2. The van der Waals surface area contributed by atoms with Crippen LogP contribution in [-0.4, -0.2) is 103 Å². The SMILES string of the molecule is [2H]C([2H])(Sc1nc(=O)c2c(n1CC(=O)N(CCN(C([2H])([2H])C)C([2H])([2H])C)C([2H])([2H])c1ccc(-c3ccc(C(F)(F)F)cc3)cc1)C([2H])([2H])C([2H])(C)C2([2H])[2H])c1ccc(F)cc1.[2H]c1c([2H])c(C(F)(F)F)c([2H])c([2H])c1-c1c([2H])c([2H])c(C([2H])([2H])N(CCN(C([2H])([2H])C)C([2H])([2H])C)C(=O)Cn2c(SC([2H])([2H])c3ccc(F)cc3)nc(=O)c3c2CCC3)c(C)c1[2H]. The molecule has 0 saturated carbocycles. The summed E-state index contributed by atoms with van der Waals surface area (Å²) >= 11 is 0.575. The van der Waals surface area contributed by atoms with Crippen LogP contribution in [0.4, 0.5) is 35.1 Å². The summed E-state index contributed by atoms with van der Waals surface area (Å²) in [5, 5.41) is -1.03. The van der Waals surface area contributed by atoms with E-state index in [4.69, 9.17) is 32.9 Å². The largest absolute Gasteiger partial charge is 0.416 e. The van der Waals surface area contributed by atoms with Crippen molar-refractivity contribution in [1.82, 2.24) is 38.7 Å². The smallest absolute Gasteiger partial charge is 0.336 e. The summed E-state index contributed by atoms with van der Waals surface area (Å²) < 4.78 is 353. The van der Waals surface area contributed by atoms with Crippen LogP contribution in [-0.2, 0) is 85.0 Å². The number of hydrogen-bond acceptors (Lipinski definition) is 10. The Hall–Kier alpha value is -7.92. The van der Waals surface area contributed by atoms with Gasteiger partial charge in [-0.2, -0.15) is 36.3 Å². The summed E-state index contributed by atoms with van der Waals surface area (Å²) in [7, 11) is 0. The van der Waals surface area contributed by atoms with E-state index in [0.717, 1.165) is 90.1 Å². The fourth-order valence-corrected chi connectivity index (χ4v) is 11.2. The van der Waals surface area contributed by atoms with E-state index in [9.17, 15) is 59.8 Å². The van der Waals surface area contributed by atoms with Crippen molar-refractivity contribution >= 4 is 35.3 Å². The summed E-state index contributed by atoms with van der Waals surface area (Å²) in [6.07, 6.45) is -15.2. The van der Waals surface area contributed by atoms with Crippen LogP contribution in [0, 0.1) is 24.5 Å². The molecular weight excluding hydrogens is 1280 g/mol. The maximum absolute atomic E-state index is 14.8. The van der Waals surface area contributed by atoms with Gasteiger partial charge in [-0.3, -0.25) is 19.2 Å². The summed E-state index contributed by atoms with van der Waals surface area (Å²) in [5.74, 6) is -6.53. The predicted molar refractivity (Wildman–Crippen MR) is 362 cm³/mol. The molecule has 12 nitrogen and oxygen atoms in total. The molecule has 0 radical (unpaired) electrons. The van der Waals surface area contributed by atoms with E-state index < -0.39 is 247 Å². The lowest BCUT2D eigenvalue weighted by Crippen LogP contribution is -2.40. The maximum Gasteiger partial charge on any atom is 0.416 e. The van der Waals surface area contributed by atoms with Crippen LogP contribution < -0.4 is 11.1 Å². The van der Waals surface area contributed by atoms with Crippen molar-refractivity contribution in [3.63, 3.8) is 0 Å². The first-order chi connectivity index (χ1) is 56.4. The highest BCUT2D eigenvalue weighted by molar-refractivity contribution is 7.98. The van der Waals surface area contributed by atoms with Gasteiger partial charge in [-0.05, 0) is 169 Å². The average molecular weight is 1390 g/mol. The maximum atomic E-state index is 14.8. The number of aromatic nitrogens is 4. The highest BCUT2D eigenvalue weighted by Gasteiger charge is 2.33. The molecule has 0 saturated heterocycles. The van der Waals surface area contributed by atoms with Crippen LogP contribution in [0.15, 0.2) is 159 Å². The fraction of sp³-hybridized carbons (Fsp3) is 0.378. The van der Waals surface area contributed by atoms with Crippen molar-refractivity contribution in [2.24, 2.45) is 5.89 Å². The van der Waals surface area contributed by atoms with Gasteiger partial charge >= 0.3 is 12.4 Å². The lowest BCUT2D eigenvalue weighted by Gasteiger charge is -2.28. The van der Waals surface area contributed by atoms with E-state index in [-0.39, 0.29) is 57.7 Å². The van der Waals surface area contributed by atoms with Crippen molar-refractivity contribution in [3.05, 3.63) is 233 Å². The zero-order valence-electron chi connectivity index (χ0n) is 80.2. The standard InChI is InChI=1S/2C37H40F4N4O2S/c1-4-43(5-2)18-19-44(22-26-6-10-28(11-7-26)29-12-14-30(15-13-29)37(39,40)41)34(46)23-45-33-21-25(3)20-32(33)35(47)42-36(45)48-24-27-8-16-31(38)17-9-27;1-4-43(5-2)19-20-44(22-29-12-11-28(21-25(29)3)27-13-15-30(16-14-27)37(39,40)41)34(46)23-45-33-8-6-7-32(33)35(47)42-36(45)48-24-26-9-17-31(38)18-10-26/h6-17,25H,4-5,18-24H2,1-3H3;9-18,21H,4-8,19-20,22-24H2,1-3H3/i4D2,5D2,20D2,21D2,22D2,24D2,25D;4D2,5D2,11D,12D,13D,14D,15D,16D,21D,22D2,24D2. The van der Waals surface area contributed by atoms with Crippen molar-refractivity contribution in [1.29, 1.82) is 0 Å². The van der Waals surface area contributed by atoms with Crippen molar-refractivity contribution in [2.75, 3.05) is 52.2 Å². The third-order valence-electron chi connectivity index (χ3n) is 14.6. The van der Waals surface area contributed by atoms with E-state index in [1.807, 2.05) is 0 Å². The number of carbonyl (C=O) groups excluding carboxylic acids is 2. The minimum Gasteiger partial charge on any atom is -0.336 e. The minimum absolute atomic E-state index is 0.0363. The Balaban J connectivity index is 0.000000281. The molecule has 6 aromatic carbocycles. The van der Waals surface area contributed by atoms with Crippen molar-refractivity contribution < 1.29 is 83.1 Å². The molecule has 0 aliphatic heterocycles. The van der Waals surface area contributed by atoms with E-state index in [2.05, 4.69) is 9.97 Å². The number of alkyl halides is 6. The number of nitrogens with zero attached hydrogens (tertiary/aromatic N) is 8. The molecule has 1 unspecified atom stereocenters. The van der Waals surface area contributed by atoms with Crippen molar-refractivity contribution in [2.45, 2.75) is 134 Å². The highest BCUT2D eigenvalue weighted by Crippen LogP contribution is 2.35. The van der Waals surface area contributed by atoms with Crippen LogP contribution >= 0.6 is 23.5 Å². The van der Waals surface area contributed by atoms with Crippen LogP contribution in [0.5, 0.6) is 0 Å². The Morgan fingerprint density at radius 2 is 1.03 bits per heavy atom. The number of halogens is 8. The zero-order chi connectivity index (χ0) is 93.8. The second kappa shape index (κ2) is 32.9. The van der Waals surface area contributed by atoms with Crippen LogP contribution in [0.1, 0.15) is 141 Å². The molecule has 2 aliphatic rings. The van der Waals surface area contributed by atoms with Gasteiger partial charge in [0.1, 0.15) is 24.7 Å². The quantitative estimate of drug-likeness (QED) is 0.0295. The molecule has 8 aromatic rings. The molecule has 2 aromatic heterocycles. The molecule has 0 bridgehead atoms. The topological polar surface area (TPSA) is 117 Å². The number of amides is 2. The van der Waals surface area contributed by atoms with Gasteiger partial charge in [0.15, 0.2) is 10.3 Å². The Bertz CT molecular complexity index is 5450. The van der Waals surface area contributed by atoms with E-state index in [1.165, 1.54) is 53.1 Å². The second-order valence-electron chi connectivity index (χ2n) is 21.0. The van der Waals surface area contributed by atoms with Crippen molar-refractivity contribution in [3.8, 4) is 22.3 Å². The summed E-state index contributed by atoms with van der Waals surface area (Å²) in [6.45, 7) is -14.7. The Morgan fingerprint density at radius 3 is 1.53 bits per heavy atom. The number of thioether (sulfide) groups is 2. The van der Waals surface area contributed by atoms with Gasteiger partial charge in [-0.25, -0.2) is 8.78 Å². The molecule has 0 N–H and O–H groups in total. The Labute approximate surface area is 603 Å². The Morgan fingerprint density at radius 1 is 0.573 bits per heavy atom. The first-order valence-corrected chi connectivity index (χ1v) is 31.0. The molecule has 96 heavy (non-hydrogen) atoms. The van der Waals surface area contributed by atoms with Crippen LogP contribution in [0.2, 0.25) is 0 Å². The van der Waals surface area contributed by atoms with Gasteiger partial charge in [0.25, 0.3) is 11.1 Å². The average Bonchev–Trinajstić information content (AvgIpc) is 1.52. The first-order valence-electron chi connectivity index (χ1n) is 43.3.